The number of anilines is 2. The second-order valence-corrected chi connectivity index (χ2v) is 7.91. The molecule has 4 rings (SSSR count). The molecule has 1 amide bonds. The number of nitrogens with two attached hydrogens (primary N) is 1. The summed E-state index contributed by atoms with van der Waals surface area (Å²) < 4.78 is 0. The number of thiol groups is 1. The van der Waals surface area contributed by atoms with Gasteiger partial charge in [0.15, 0.2) is 0 Å². The molecule has 5 nitrogen and oxygen atoms in total. The predicted molar refractivity (Wildman–Crippen MR) is 135 cm³/mol. The smallest absolute Gasteiger partial charge is 0.247 e. The second kappa shape index (κ2) is 9.58. The fraction of sp³-hybridized carbons (Fsp3) is 0.0769. The summed E-state index contributed by atoms with van der Waals surface area (Å²) in [7, 11) is 0. The van der Waals surface area contributed by atoms with Gasteiger partial charge in [-0.05, 0) is 58.5 Å². The number of pyridine rings is 1. The first-order valence-corrected chi connectivity index (χ1v) is 10.7. The standard InChI is InChI=1S/C26H24N4OS/c1-2-17-6-5-8-19(14-17)24(26(31)29-16-20-7-3-4-9-23(20)32)30-21-10-11-22-18(15-21)12-13-28-25(22)27/h2-15,24,30,32H,1,16H2,(H2,27,28)(H,29,31). The van der Waals surface area contributed by atoms with Crippen molar-refractivity contribution in [3.63, 3.8) is 0 Å². The number of nitrogens with zero attached hydrogens (tertiary/aromatic N) is 1. The molecule has 0 saturated heterocycles. The van der Waals surface area contributed by atoms with E-state index in [0.717, 1.165) is 38.0 Å². The molecule has 1 atom stereocenters. The lowest BCUT2D eigenvalue weighted by molar-refractivity contribution is -0.122. The minimum Gasteiger partial charge on any atom is -0.383 e. The zero-order valence-electron chi connectivity index (χ0n) is 17.5. The van der Waals surface area contributed by atoms with E-state index >= 15 is 0 Å². The Morgan fingerprint density at radius 3 is 2.75 bits per heavy atom. The Hall–Kier alpha value is -3.77. The van der Waals surface area contributed by atoms with Gasteiger partial charge in [-0.15, -0.1) is 12.6 Å². The molecule has 1 unspecified atom stereocenters. The van der Waals surface area contributed by atoms with Crippen LogP contribution in [-0.4, -0.2) is 10.9 Å². The van der Waals surface area contributed by atoms with Crippen LogP contribution in [0.1, 0.15) is 22.7 Å². The van der Waals surface area contributed by atoms with Crippen LogP contribution in [-0.2, 0) is 11.3 Å². The molecule has 0 aliphatic heterocycles. The minimum absolute atomic E-state index is 0.142. The Bertz CT molecular complexity index is 1290. The second-order valence-electron chi connectivity index (χ2n) is 7.43. The van der Waals surface area contributed by atoms with Crippen LogP contribution in [0, 0.1) is 0 Å². The third-order valence-electron chi connectivity index (χ3n) is 5.29. The number of rotatable bonds is 7. The van der Waals surface area contributed by atoms with Crippen LogP contribution in [0.2, 0.25) is 0 Å². The largest absolute Gasteiger partial charge is 0.383 e. The zero-order valence-corrected chi connectivity index (χ0v) is 18.3. The van der Waals surface area contributed by atoms with E-state index in [9.17, 15) is 4.79 Å². The van der Waals surface area contributed by atoms with Crippen LogP contribution in [0.5, 0.6) is 0 Å². The number of benzene rings is 3. The van der Waals surface area contributed by atoms with E-state index < -0.39 is 6.04 Å². The van der Waals surface area contributed by atoms with Crippen LogP contribution < -0.4 is 16.4 Å². The Morgan fingerprint density at radius 2 is 1.94 bits per heavy atom. The van der Waals surface area contributed by atoms with Crippen LogP contribution >= 0.6 is 12.6 Å². The van der Waals surface area contributed by atoms with E-state index in [0.29, 0.717) is 12.4 Å². The first kappa shape index (κ1) is 21.5. The van der Waals surface area contributed by atoms with Gasteiger partial charge in [0, 0.05) is 28.7 Å². The summed E-state index contributed by atoms with van der Waals surface area (Å²) in [5.74, 6) is 0.338. The van der Waals surface area contributed by atoms with Gasteiger partial charge in [-0.25, -0.2) is 4.98 Å². The first-order chi connectivity index (χ1) is 15.5. The molecule has 160 valence electrons. The topological polar surface area (TPSA) is 80.0 Å². The Morgan fingerprint density at radius 1 is 1.09 bits per heavy atom. The highest BCUT2D eigenvalue weighted by atomic mass is 32.1. The molecule has 1 heterocycles. The van der Waals surface area contributed by atoms with Gasteiger partial charge in [0.05, 0.1) is 0 Å². The van der Waals surface area contributed by atoms with Crippen molar-refractivity contribution in [3.8, 4) is 0 Å². The fourth-order valence-electron chi connectivity index (χ4n) is 3.57. The van der Waals surface area contributed by atoms with Crippen LogP contribution in [0.25, 0.3) is 16.8 Å². The van der Waals surface area contributed by atoms with Crippen LogP contribution in [0.4, 0.5) is 11.5 Å². The van der Waals surface area contributed by atoms with E-state index in [-0.39, 0.29) is 5.91 Å². The molecule has 3 aromatic carbocycles. The molecule has 1 aromatic heterocycles. The van der Waals surface area contributed by atoms with Crippen molar-refractivity contribution >= 4 is 46.9 Å². The Labute approximate surface area is 192 Å². The average Bonchev–Trinajstić information content (AvgIpc) is 2.82. The summed E-state index contributed by atoms with van der Waals surface area (Å²) in [6.07, 6.45) is 3.44. The maximum Gasteiger partial charge on any atom is 0.247 e. The van der Waals surface area contributed by atoms with Crippen molar-refractivity contribution < 1.29 is 4.79 Å². The average molecular weight is 441 g/mol. The minimum atomic E-state index is -0.599. The monoisotopic (exact) mass is 440 g/mol. The lowest BCUT2D eigenvalue weighted by Crippen LogP contribution is -2.33. The lowest BCUT2D eigenvalue weighted by atomic mass is 10.0. The number of hydrogen-bond donors (Lipinski definition) is 4. The molecular formula is C26H24N4OS. The van der Waals surface area contributed by atoms with Gasteiger partial charge < -0.3 is 16.4 Å². The van der Waals surface area contributed by atoms with Gasteiger partial charge >= 0.3 is 0 Å². The maximum atomic E-state index is 13.3. The third kappa shape index (κ3) is 4.76. The molecule has 0 aliphatic rings. The van der Waals surface area contributed by atoms with Gasteiger partial charge in [0.25, 0.3) is 0 Å². The van der Waals surface area contributed by atoms with E-state index in [2.05, 4.69) is 34.8 Å². The number of amides is 1. The first-order valence-electron chi connectivity index (χ1n) is 10.2. The number of carbonyl (C=O) groups is 1. The summed E-state index contributed by atoms with van der Waals surface area (Å²) in [6, 6.07) is 22.5. The highest BCUT2D eigenvalue weighted by Gasteiger charge is 2.21. The van der Waals surface area contributed by atoms with Crippen LogP contribution in [0.15, 0.2) is 90.5 Å². The normalized spacial score (nSPS) is 11.7. The van der Waals surface area contributed by atoms with Gasteiger partial charge in [-0.3, -0.25) is 4.79 Å². The Balaban J connectivity index is 1.63. The van der Waals surface area contributed by atoms with Gasteiger partial charge in [-0.2, -0.15) is 0 Å². The number of fused-ring (bicyclic) bond motifs is 1. The van der Waals surface area contributed by atoms with Gasteiger partial charge in [0.1, 0.15) is 11.9 Å². The summed E-state index contributed by atoms with van der Waals surface area (Å²) >= 11 is 4.48. The summed E-state index contributed by atoms with van der Waals surface area (Å²) in [5.41, 5.74) is 9.52. The lowest BCUT2D eigenvalue weighted by Gasteiger charge is -2.21. The molecule has 0 aliphatic carbocycles. The fourth-order valence-corrected chi connectivity index (χ4v) is 3.81. The van der Waals surface area contributed by atoms with Gasteiger partial charge in [0.2, 0.25) is 5.91 Å². The van der Waals surface area contributed by atoms with Crippen molar-refractivity contribution in [3.05, 3.63) is 102 Å². The zero-order chi connectivity index (χ0) is 22.5. The molecule has 4 N–H and O–H groups in total. The number of carbonyl (C=O) groups excluding carboxylic acids is 1. The molecule has 6 heteroatoms. The number of nitrogen functional groups attached to an aromatic ring is 1. The molecule has 0 fully saturated rings. The Kier molecular flexibility index (Phi) is 6.42. The summed E-state index contributed by atoms with van der Waals surface area (Å²) in [5, 5.41) is 8.24. The number of aromatic nitrogens is 1. The van der Waals surface area contributed by atoms with Crippen molar-refractivity contribution in [2.24, 2.45) is 0 Å². The van der Waals surface area contributed by atoms with Crippen molar-refractivity contribution in [1.29, 1.82) is 0 Å². The predicted octanol–water partition coefficient (Wildman–Crippen LogP) is 5.22. The maximum absolute atomic E-state index is 13.3. The summed E-state index contributed by atoms with van der Waals surface area (Å²) in [6.45, 7) is 4.23. The summed E-state index contributed by atoms with van der Waals surface area (Å²) in [4.78, 5) is 18.3. The van der Waals surface area contributed by atoms with E-state index in [1.165, 1.54) is 0 Å². The number of hydrogen-bond acceptors (Lipinski definition) is 5. The van der Waals surface area contributed by atoms with Gasteiger partial charge in [-0.1, -0.05) is 49.1 Å². The molecule has 0 spiro atoms. The molecule has 0 radical (unpaired) electrons. The molecule has 0 bridgehead atoms. The van der Waals surface area contributed by atoms with E-state index in [1.807, 2.05) is 72.8 Å². The SMILES string of the molecule is C=Cc1cccc(C(Nc2ccc3c(N)nccc3c2)C(=O)NCc2ccccc2S)c1. The highest BCUT2D eigenvalue weighted by molar-refractivity contribution is 7.80. The van der Waals surface area contributed by atoms with Crippen molar-refractivity contribution in [1.82, 2.24) is 10.3 Å². The van der Waals surface area contributed by atoms with Crippen molar-refractivity contribution in [2.75, 3.05) is 11.1 Å². The quantitative estimate of drug-likeness (QED) is 0.297. The highest BCUT2D eigenvalue weighted by Crippen LogP contribution is 2.26. The van der Waals surface area contributed by atoms with E-state index in [4.69, 9.17) is 5.73 Å². The molecule has 0 saturated carbocycles. The van der Waals surface area contributed by atoms with Crippen molar-refractivity contribution in [2.45, 2.75) is 17.5 Å². The third-order valence-corrected chi connectivity index (χ3v) is 5.73. The van der Waals surface area contributed by atoms with Crippen LogP contribution in [0.3, 0.4) is 0 Å². The van der Waals surface area contributed by atoms with E-state index in [1.54, 1.807) is 12.3 Å². The molecule has 32 heavy (non-hydrogen) atoms. The number of nitrogens with one attached hydrogen (secondary N) is 2. The molecule has 4 aromatic rings. The molecular weight excluding hydrogens is 416 g/mol.